The van der Waals surface area contributed by atoms with Gasteiger partial charge in [0.15, 0.2) is 0 Å². The van der Waals surface area contributed by atoms with E-state index in [1.54, 1.807) is 24.3 Å². The predicted octanol–water partition coefficient (Wildman–Crippen LogP) is 1.29. The maximum atomic E-state index is 11.9. The number of halogens is 1. The Morgan fingerprint density at radius 2 is 1.95 bits per heavy atom. The van der Waals surface area contributed by atoms with Crippen molar-refractivity contribution < 1.29 is 9.59 Å². The number of carbonyl (C=O) groups is 2. The maximum Gasteiger partial charge on any atom is 0.316 e. The Hall–Kier alpha value is -1.79. The number of anilines is 2. The SMILES string of the molecule is Cl.NC(=O)Nc1cccc(NC(=O)[C@@H]2CCCN2)c1. The Kier molecular flexibility index (Phi) is 5.59. The highest BCUT2D eigenvalue weighted by Gasteiger charge is 2.21. The molecule has 1 atom stereocenters. The van der Waals surface area contributed by atoms with Crippen LogP contribution in [0.15, 0.2) is 24.3 Å². The number of amides is 3. The summed E-state index contributed by atoms with van der Waals surface area (Å²) >= 11 is 0. The number of benzene rings is 1. The topological polar surface area (TPSA) is 96.2 Å². The van der Waals surface area contributed by atoms with Gasteiger partial charge in [0.25, 0.3) is 0 Å². The average molecular weight is 285 g/mol. The minimum absolute atomic E-state index is 0. The average Bonchev–Trinajstić information content (AvgIpc) is 2.81. The quantitative estimate of drug-likeness (QED) is 0.673. The van der Waals surface area contributed by atoms with E-state index < -0.39 is 6.03 Å². The monoisotopic (exact) mass is 284 g/mol. The van der Waals surface area contributed by atoms with Crippen molar-refractivity contribution in [2.24, 2.45) is 5.73 Å². The van der Waals surface area contributed by atoms with Crippen LogP contribution in [0.5, 0.6) is 0 Å². The molecule has 1 saturated heterocycles. The van der Waals surface area contributed by atoms with E-state index in [0.29, 0.717) is 11.4 Å². The van der Waals surface area contributed by atoms with Crippen LogP contribution in [0.3, 0.4) is 0 Å². The summed E-state index contributed by atoms with van der Waals surface area (Å²) in [7, 11) is 0. The Bertz CT molecular complexity index is 461. The molecule has 7 heteroatoms. The summed E-state index contributed by atoms with van der Waals surface area (Å²) in [6.07, 6.45) is 1.87. The van der Waals surface area contributed by atoms with Gasteiger partial charge in [-0.15, -0.1) is 12.4 Å². The molecule has 3 amide bonds. The van der Waals surface area contributed by atoms with Gasteiger partial charge in [-0.2, -0.15) is 0 Å². The van der Waals surface area contributed by atoms with Crippen LogP contribution >= 0.6 is 12.4 Å². The van der Waals surface area contributed by atoms with Crippen LogP contribution in [0.2, 0.25) is 0 Å². The van der Waals surface area contributed by atoms with E-state index in [9.17, 15) is 9.59 Å². The van der Waals surface area contributed by atoms with Crippen LogP contribution in [0.25, 0.3) is 0 Å². The molecule has 0 radical (unpaired) electrons. The van der Waals surface area contributed by atoms with Gasteiger partial charge in [-0.25, -0.2) is 4.79 Å². The lowest BCUT2D eigenvalue weighted by Gasteiger charge is -2.12. The van der Waals surface area contributed by atoms with Crippen LogP contribution in [-0.2, 0) is 4.79 Å². The first-order valence-electron chi connectivity index (χ1n) is 5.86. The van der Waals surface area contributed by atoms with Crippen molar-refractivity contribution in [2.75, 3.05) is 17.2 Å². The molecule has 6 nitrogen and oxygen atoms in total. The molecule has 1 aliphatic heterocycles. The van der Waals surface area contributed by atoms with Crippen molar-refractivity contribution in [1.82, 2.24) is 5.32 Å². The molecule has 0 bridgehead atoms. The number of hydrogen-bond acceptors (Lipinski definition) is 3. The number of hydrogen-bond donors (Lipinski definition) is 4. The van der Waals surface area contributed by atoms with Crippen molar-refractivity contribution in [3.63, 3.8) is 0 Å². The van der Waals surface area contributed by atoms with Crippen molar-refractivity contribution >= 4 is 35.7 Å². The van der Waals surface area contributed by atoms with Gasteiger partial charge in [-0.1, -0.05) is 6.07 Å². The number of primary amides is 1. The van der Waals surface area contributed by atoms with Gasteiger partial charge in [-0.3, -0.25) is 4.79 Å². The molecule has 19 heavy (non-hydrogen) atoms. The number of carbonyl (C=O) groups excluding carboxylic acids is 2. The highest BCUT2D eigenvalue weighted by molar-refractivity contribution is 5.96. The van der Waals surface area contributed by atoms with E-state index in [1.807, 2.05) is 0 Å². The molecule has 2 rings (SSSR count). The molecule has 0 spiro atoms. The zero-order valence-corrected chi connectivity index (χ0v) is 11.1. The summed E-state index contributed by atoms with van der Waals surface area (Å²) in [5.74, 6) is -0.0521. The number of rotatable bonds is 3. The molecule has 0 saturated carbocycles. The lowest BCUT2D eigenvalue weighted by Crippen LogP contribution is -2.35. The van der Waals surface area contributed by atoms with E-state index in [0.717, 1.165) is 19.4 Å². The number of nitrogens with two attached hydrogens (primary N) is 1. The molecule has 1 heterocycles. The largest absolute Gasteiger partial charge is 0.351 e. The predicted molar refractivity (Wildman–Crippen MR) is 76.6 cm³/mol. The minimum Gasteiger partial charge on any atom is -0.351 e. The molecule has 1 aliphatic rings. The highest BCUT2D eigenvalue weighted by Crippen LogP contribution is 2.16. The summed E-state index contributed by atoms with van der Waals surface area (Å²) in [5, 5.41) is 8.39. The van der Waals surface area contributed by atoms with Crippen LogP contribution in [0.4, 0.5) is 16.2 Å². The van der Waals surface area contributed by atoms with Gasteiger partial charge >= 0.3 is 6.03 Å². The fraction of sp³-hybridized carbons (Fsp3) is 0.333. The Balaban J connectivity index is 0.00000180. The van der Waals surface area contributed by atoms with Crippen LogP contribution in [0.1, 0.15) is 12.8 Å². The van der Waals surface area contributed by atoms with E-state index in [-0.39, 0.29) is 24.4 Å². The van der Waals surface area contributed by atoms with E-state index >= 15 is 0 Å². The van der Waals surface area contributed by atoms with Gasteiger partial charge in [-0.05, 0) is 37.6 Å². The molecule has 1 aromatic carbocycles. The standard InChI is InChI=1S/C12H16N4O2.ClH/c13-12(18)16-9-4-1-3-8(7-9)15-11(17)10-5-2-6-14-10;/h1,3-4,7,10,14H,2,5-6H2,(H,15,17)(H3,13,16,18);1H/t10-;/m0./s1. The summed E-state index contributed by atoms with van der Waals surface area (Å²) in [6, 6.07) is 6.11. The van der Waals surface area contributed by atoms with Gasteiger partial charge in [0, 0.05) is 11.4 Å². The third-order valence-corrected chi connectivity index (χ3v) is 2.77. The molecular formula is C12H17ClN4O2. The highest BCUT2D eigenvalue weighted by atomic mass is 35.5. The van der Waals surface area contributed by atoms with Crippen molar-refractivity contribution in [2.45, 2.75) is 18.9 Å². The minimum atomic E-state index is -0.629. The molecule has 0 aromatic heterocycles. The van der Waals surface area contributed by atoms with E-state index in [2.05, 4.69) is 16.0 Å². The van der Waals surface area contributed by atoms with Gasteiger partial charge in [0.1, 0.15) is 0 Å². The zero-order chi connectivity index (χ0) is 13.0. The van der Waals surface area contributed by atoms with Crippen molar-refractivity contribution in [3.8, 4) is 0 Å². The summed E-state index contributed by atoms with van der Waals surface area (Å²) in [5.41, 5.74) is 6.22. The lowest BCUT2D eigenvalue weighted by molar-refractivity contribution is -0.117. The molecule has 104 valence electrons. The van der Waals surface area contributed by atoms with Crippen LogP contribution in [0, 0.1) is 0 Å². The second-order valence-corrected chi connectivity index (χ2v) is 4.21. The van der Waals surface area contributed by atoms with E-state index in [1.165, 1.54) is 0 Å². The molecule has 1 fully saturated rings. The zero-order valence-electron chi connectivity index (χ0n) is 10.3. The fourth-order valence-corrected chi connectivity index (χ4v) is 1.95. The summed E-state index contributed by atoms with van der Waals surface area (Å²) in [6.45, 7) is 0.876. The fourth-order valence-electron chi connectivity index (χ4n) is 1.95. The Morgan fingerprint density at radius 3 is 2.53 bits per heavy atom. The first-order chi connectivity index (χ1) is 8.65. The Labute approximate surface area is 117 Å². The molecule has 1 aromatic rings. The van der Waals surface area contributed by atoms with Crippen LogP contribution in [-0.4, -0.2) is 24.5 Å². The molecule has 0 aliphatic carbocycles. The second kappa shape index (κ2) is 6.96. The molecule has 0 unspecified atom stereocenters. The van der Waals surface area contributed by atoms with Crippen molar-refractivity contribution in [3.05, 3.63) is 24.3 Å². The third kappa shape index (κ3) is 4.42. The summed E-state index contributed by atoms with van der Waals surface area (Å²) < 4.78 is 0. The smallest absolute Gasteiger partial charge is 0.316 e. The lowest BCUT2D eigenvalue weighted by atomic mass is 10.2. The maximum absolute atomic E-state index is 11.9. The summed E-state index contributed by atoms with van der Waals surface area (Å²) in [4.78, 5) is 22.6. The Morgan fingerprint density at radius 1 is 1.26 bits per heavy atom. The molecular weight excluding hydrogens is 268 g/mol. The number of urea groups is 1. The van der Waals surface area contributed by atoms with Gasteiger partial charge in [0.2, 0.25) is 5.91 Å². The second-order valence-electron chi connectivity index (χ2n) is 4.21. The van der Waals surface area contributed by atoms with Crippen molar-refractivity contribution in [1.29, 1.82) is 0 Å². The van der Waals surface area contributed by atoms with Crippen LogP contribution < -0.4 is 21.7 Å². The van der Waals surface area contributed by atoms with Gasteiger partial charge in [0.05, 0.1) is 6.04 Å². The normalized spacial score (nSPS) is 17.4. The first-order valence-corrected chi connectivity index (χ1v) is 5.86. The molecule has 5 N–H and O–H groups in total. The number of nitrogens with one attached hydrogen (secondary N) is 3. The third-order valence-electron chi connectivity index (χ3n) is 2.77. The van der Waals surface area contributed by atoms with Gasteiger partial charge < -0.3 is 21.7 Å². The first kappa shape index (κ1) is 15.3. The van der Waals surface area contributed by atoms with E-state index in [4.69, 9.17) is 5.73 Å².